The van der Waals surface area contributed by atoms with Gasteiger partial charge < -0.3 is 4.57 Å². The second kappa shape index (κ2) is 9.04. The number of thioether (sulfide) groups is 2. The van der Waals surface area contributed by atoms with E-state index in [9.17, 15) is 18.0 Å². The Labute approximate surface area is 203 Å². The molecule has 1 saturated heterocycles. The predicted octanol–water partition coefficient (Wildman–Crippen LogP) is 7.24. The Kier molecular flexibility index (Phi) is 6.48. The molecule has 2 heterocycles. The van der Waals surface area contributed by atoms with E-state index in [4.69, 9.17) is 12.2 Å². The molecule has 0 unspecified atom stereocenters. The topological polar surface area (TPSA) is 25.2 Å². The molecule has 0 spiro atoms. The third-order valence-electron chi connectivity index (χ3n) is 5.29. The predicted molar refractivity (Wildman–Crippen MR) is 134 cm³/mol. The Morgan fingerprint density at radius 3 is 2.42 bits per heavy atom. The molecule has 9 heteroatoms. The quantitative estimate of drug-likeness (QED) is 0.212. The summed E-state index contributed by atoms with van der Waals surface area (Å²) in [5.74, 6) is -0.216. The van der Waals surface area contributed by atoms with Crippen LogP contribution < -0.4 is 4.90 Å². The number of aryl methyl sites for hydroxylation is 1. The van der Waals surface area contributed by atoms with Crippen molar-refractivity contribution in [3.05, 3.63) is 82.0 Å². The Hall–Kier alpha value is -2.49. The number of carbonyl (C=O) groups is 1. The molecule has 0 N–H and O–H groups in total. The second-order valence-electron chi connectivity index (χ2n) is 7.43. The minimum atomic E-state index is -4.42. The number of alkyl halides is 3. The van der Waals surface area contributed by atoms with Crippen molar-refractivity contribution < 1.29 is 18.0 Å². The molecule has 2 aromatic carbocycles. The third kappa shape index (κ3) is 4.62. The summed E-state index contributed by atoms with van der Waals surface area (Å²) in [6.45, 7) is 3.64. The van der Waals surface area contributed by atoms with E-state index < -0.39 is 11.7 Å². The Bertz CT molecular complexity index is 1290. The first kappa shape index (κ1) is 23.7. The largest absolute Gasteiger partial charge is 0.416 e. The molecule has 33 heavy (non-hydrogen) atoms. The maximum atomic E-state index is 13.2. The molecule has 0 saturated carbocycles. The highest BCUT2D eigenvalue weighted by Crippen LogP contribution is 2.38. The zero-order valence-electron chi connectivity index (χ0n) is 17.9. The number of aromatic nitrogens is 1. The summed E-state index contributed by atoms with van der Waals surface area (Å²) < 4.78 is 41.8. The molecule has 1 aliphatic heterocycles. The first-order valence-electron chi connectivity index (χ1n) is 9.88. The van der Waals surface area contributed by atoms with Gasteiger partial charge in [-0.25, -0.2) is 0 Å². The summed E-state index contributed by atoms with van der Waals surface area (Å²) in [7, 11) is 0. The fraction of sp³-hybridized carbons (Fsp3) is 0.167. The summed E-state index contributed by atoms with van der Waals surface area (Å²) in [6.07, 6.45) is -0.705. The van der Waals surface area contributed by atoms with E-state index >= 15 is 0 Å². The van der Waals surface area contributed by atoms with Crippen LogP contribution in [0.5, 0.6) is 0 Å². The van der Waals surface area contributed by atoms with Crippen LogP contribution >= 0.6 is 35.7 Å². The number of amides is 1. The first-order chi connectivity index (χ1) is 15.6. The van der Waals surface area contributed by atoms with Gasteiger partial charge in [-0.05, 0) is 74.2 Å². The number of thiocarbonyl (C=S) groups is 1. The maximum absolute atomic E-state index is 13.2. The molecule has 1 aliphatic rings. The Morgan fingerprint density at radius 2 is 1.73 bits per heavy atom. The molecule has 170 valence electrons. The average molecular weight is 505 g/mol. The fourth-order valence-electron chi connectivity index (χ4n) is 3.73. The van der Waals surface area contributed by atoms with Crippen LogP contribution in [0.15, 0.2) is 64.4 Å². The first-order valence-corrected chi connectivity index (χ1v) is 12.3. The highest BCUT2D eigenvalue weighted by Gasteiger charge is 2.34. The van der Waals surface area contributed by atoms with Crippen molar-refractivity contribution in [3.63, 3.8) is 0 Å². The van der Waals surface area contributed by atoms with Gasteiger partial charge in [-0.3, -0.25) is 9.69 Å². The number of hydrogen-bond donors (Lipinski definition) is 0. The normalized spacial score (nSPS) is 15.7. The van der Waals surface area contributed by atoms with Crippen LogP contribution in [-0.4, -0.2) is 21.1 Å². The lowest BCUT2D eigenvalue weighted by Crippen LogP contribution is -2.27. The molecule has 0 aliphatic carbocycles. The van der Waals surface area contributed by atoms with Gasteiger partial charge in [0.1, 0.15) is 0 Å². The van der Waals surface area contributed by atoms with Gasteiger partial charge in [-0.2, -0.15) is 13.2 Å². The second-order valence-corrected chi connectivity index (χ2v) is 9.98. The minimum Gasteiger partial charge on any atom is -0.318 e. The molecular formula is C24H19F3N2OS3. The van der Waals surface area contributed by atoms with E-state index in [0.717, 1.165) is 34.0 Å². The molecule has 3 aromatic rings. The standard InChI is InChI=1S/C24H19F3N2OS3/c1-14-10-16(15(2)28(14)18-7-4-6-17(12-18)24(25,26)27)11-21-22(30)29(23(31)33-21)19-8-5-9-20(13-19)32-3/h4-13H,1-3H3/b21-11-. The number of nitrogens with zero attached hydrogens (tertiary/aromatic N) is 2. The molecule has 1 fully saturated rings. The number of halogens is 3. The SMILES string of the molecule is CSc1cccc(N2C(=O)/C(=C/c3cc(C)n(-c4cccc(C(F)(F)F)c4)c3C)SC2=S)c1. The van der Waals surface area contributed by atoms with Crippen LogP contribution in [0.1, 0.15) is 22.5 Å². The zero-order chi connectivity index (χ0) is 23.9. The van der Waals surface area contributed by atoms with Gasteiger partial charge in [0.15, 0.2) is 4.32 Å². The van der Waals surface area contributed by atoms with Crippen molar-refractivity contribution in [1.29, 1.82) is 0 Å². The molecule has 0 atom stereocenters. The maximum Gasteiger partial charge on any atom is 0.416 e. The van der Waals surface area contributed by atoms with Crippen molar-refractivity contribution in [2.45, 2.75) is 24.9 Å². The summed E-state index contributed by atoms with van der Waals surface area (Å²) in [6, 6.07) is 14.7. The van der Waals surface area contributed by atoms with Crippen molar-refractivity contribution >= 4 is 57.7 Å². The minimum absolute atomic E-state index is 0.216. The summed E-state index contributed by atoms with van der Waals surface area (Å²) in [5.41, 5.74) is 2.68. The third-order valence-corrected chi connectivity index (χ3v) is 7.32. The van der Waals surface area contributed by atoms with Crippen LogP contribution in [-0.2, 0) is 11.0 Å². The highest BCUT2D eigenvalue weighted by atomic mass is 32.2. The van der Waals surface area contributed by atoms with Gasteiger partial charge in [0, 0.05) is 22.0 Å². The Balaban J connectivity index is 1.70. The van der Waals surface area contributed by atoms with Gasteiger partial charge in [0.25, 0.3) is 5.91 Å². The number of hydrogen-bond acceptors (Lipinski definition) is 4. The molecule has 1 aromatic heterocycles. The van der Waals surface area contributed by atoms with Crippen LogP contribution in [0.2, 0.25) is 0 Å². The lowest BCUT2D eigenvalue weighted by Gasteiger charge is -2.15. The molecule has 4 rings (SSSR count). The number of rotatable bonds is 4. The van der Waals surface area contributed by atoms with E-state index in [2.05, 4.69) is 0 Å². The summed E-state index contributed by atoms with van der Waals surface area (Å²) >= 11 is 8.26. The van der Waals surface area contributed by atoms with Crippen molar-refractivity contribution in [1.82, 2.24) is 4.57 Å². The van der Waals surface area contributed by atoms with Gasteiger partial charge in [0.2, 0.25) is 0 Å². The number of anilines is 1. The van der Waals surface area contributed by atoms with E-state index in [1.54, 1.807) is 28.5 Å². The lowest BCUT2D eigenvalue weighted by atomic mass is 10.2. The van der Waals surface area contributed by atoms with Gasteiger partial charge in [0.05, 0.1) is 16.2 Å². The summed E-state index contributed by atoms with van der Waals surface area (Å²) in [5, 5.41) is 0. The van der Waals surface area contributed by atoms with Gasteiger partial charge in [-0.15, -0.1) is 11.8 Å². The van der Waals surface area contributed by atoms with E-state index in [0.29, 0.717) is 20.6 Å². The van der Waals surface area contributed by atoms with E-state index in [-0.39, 0.29) is 5.91 Å². The molecule has 3 nitrogen and oxygen atoms in total. The zero-order valence-corrected chi connectivity index (χ0v) is 20.4. The van der Waals surface area contributed by atoms with E-state index in [1.165, 1.54) is 22.7 Å². The van der Waals surface area contributed by atoms with Crippen molar-refractivity contribution in [2.24, 2.45) is 0 Å². The van der Waals surface area contributed by atoms with Gasteiger partial charge >= 0.3 is 6.18 Å². The number of benzene rings is 2. The monoisotopic (exact) mass is 504 g/mol. The van der Waals surface area contributed by atoms with Crippen LogP contribution in [0.4, 0.5) is 18.9 Å². The van der Waals surface area contributed by atoms with Gasteiger partial charge in [-0.1, -0.05) is 36.1 Å². The lowest BCUT2D eigenvalue weighted by molar-refractivity contribution is -0.137. The smallest absolute Gasteiger partial charge is 0.318 e. The van der Waals surface area contributed by atoms with E-state index in [1.807, 2.05) is 50.4 Å². The Morgan fingerprint density at radius 1 is 1.03 bits per heavy atom. The number of carbonyl (C=O) groups excluding carboxylic acids is 1. The molecule has 1 amide bonds. The van der Waals surface area contributed by atoms with Crippen LogP contribution in [0, 0.1) is 13.8 Å². The average Bonchev–Trinajstić information content (AvgIpc) is 3.21. The molecular weight excluding hydrogens is 485 g/mol. The van der Waals surface area contributed by atoms with Crippen molar-refractivity contribution in [2.75, 3.05) is 11.2 Å². The molecule has 0 radical (unpaired) electrons. The summed E-state index contributed by atoms with van der Waals surface area (Å²) in [4.78, 5) is 16.2. The van der Waals surface area contributed by atoms with Crippen LogP contribution in [0.3, 0.4) is 0 Å². The van der Waals surface area contributed by atoms with Crippen molar-refractivity contribution in [3.8, 4) is 5.69 Å². The van der Waals surface area contributed by atoms with Crippen LogP contribution in [0.25, 0.3) is 11.8 Å². The highest BCUT2D eigenvalue weighted by molar-refractivity contribution is 8.27. The fourth-order valence-corrected chi connectivity index (χ4v) is 5.48. The molecule has 0 bridgehead atoms.